The molecular formula is C25H29ClN4O4. The first-order chi connectivity index (χ1) is 16.5. The summed E-state index contributed by atoms with van der Waals surface area (Å²) in [5.41, 5.74) is 2.49. The predicted octanol–water partition coefficient (Wildman–Crippen LogP) is 3.23. The van der Waals surface area contributed by atoms with E-state index in [0.717, 1.165) is 30.4 Å². The van der Waals surface area contributed by atoms with Crippen LogP contribution in [0, 0.1) is 0 Å². The lowest BCUT2D eigenvalue weighted by molar-refractivity contribution is -0.130. The van der Waals surface area contributed by atoms with Crippen molar-refractivity contribution in [2.24, 2.45) is 4.99 Å². The molecule has 1 unspecified atom stereocenters. The number of amides is 2. The van der Waals surface area contributed by atoms with Crippen LogP contribution in [0.4, 0.5) is 5.69 Å². The smallest absolute Gasteiger partial charge is 0.251 e. The van der Waals surface area contributed by atoms with E-state index < -0.39 is 6.04 Å². The molecular weight excluding hydrogens is 456 g/mol. The standard InChI is InChI=1S/C25H29ClN4O4/c1-29(14-17-8-4-2-5-9-17)22(32)10-6-3-7-13-34-21-12-11-19(26)23-18(21)15-30-20(16-31)24(33)28-25(30)27-23/h2,4-5,8-9,11-12,20,31H,3,6-7,10,13-16H2,1H3,(H,27,28,33). The van der Waals surface area contributed by atoms with Gasteiger partial charge in [0.25, 0.3) is 5.91 Å². The van der Waals surface area contributed by atoms with E-state index in [1.165, 1.54) is 0 Å². The Morgan fingerprint density at radius 1 is 1.24 bits per heavy atom. The third-order valence-corrected chi connectivity index (χ3v) is 6.38. The number of carbonyl (C=O) groups excluding carboxylic acids is 2. The van der Waals surface area contributed by atoms with E-state index in [1.54, 1.807) is 15.9 Å². The average Bonchev–Trinajstić information content (AvgIpc) is 3.15. The third-order valence-electron chi connectivity index (χ3n) is 6.08. The molecule has 1 atom stereocenters. The molecule has 2 aliphatic rings. The highest BCUT2D eigenvalue weighted by Gasteiger charge is 2.39. The predicted molar refractivity (Wildman–Crippen MR) is 130 cm³/mol. The number of nitrogens with one attached hydrogen (secondary N) is 1. The van der Waals surface area contributed by atoms with Gasteiger partial charge in [-0.3, -0.25) is 14.9 Å². The van der Waals surface area contributed by atoms with E-state index in [1.807, 2.05) is 43.4 Å². The van der Waals surface area contributed by atoms with E-state index in [9.17, 15) is 14.7 Å². The van der Waals surface area contributed by atoms with Crippen LogP contribution in [0.1, 0.15) is 36.8 Å². The van der Waals surface area contributed by atoms with Gasteiger partial charge in [-0.15, -0.1) is 0 Å². The number of fused-ring (bicyclic) bond motifs is 2. The molecule has 0 saturated carbocycles. The van der Waals surface area contributed by atoms with Gasteiger partial charge in [-0.25, -0.2) is 4.99 Å². The average molecular weight is 485 g/mol. The Kier molecular flexibility index (Phi) is 7.70. The number of ether oxygens (including phenoxy) is 1. The normalized spacial score (nSPS) is 16.4. The molecule has 1 saturated heterocycles. The molecule has 2 aliphatic heterocycles. The van der Waals surface area contributed by atoms with Gasteiger partial charge in [0.15, 0.2) is 0 Å². The zero-order chi connectivity index (χ0) is 24.1. The highest BCUT2D eigenvalue weighted by atomic mass is 35.5. The first-order valence-electron chi connectivity index (χ1n) is 11.5. The van der Waals surface area contributed by atoms with E-state index in [-0.39, 0.29) is 18.4 Å². The first-order valence-corrected chi connectivity index (χ1v) is 11.8. The van der Waals surface area contributed by atoms with Gasteiger partial charge in [0, 0.05) is 25.6 Å². The Morgan fingerprint density at radius 2 is 2.03 bits per heavy atom. The molecule has 0 aromatic heterocycles. The van der Waals surface area contributed by atoms with Crippen molar-refractivity contribution in [1.82, 2.24) is 15.1 Å². The molecule has 2 aromatic rings. The molecule has 34 heavy (non-hydrogen) atoms. The number of hydrogen-bond acceptors (Lipinski definition) is 6. The monoisotopic (exact) mass is 484 g/mol. The van der Waals surface area contributed by atoms with Crippen molar-refractivity contribution in [2.45, 2.75) is 44.8 Å². The number of aliphatic hydroxyl groups is 1. The molecule has 2 amide bonds. The van der Waals surface area contributed by atoms with Crippen molar-refractivity contribution in [2.75, 3.05) is 20.3 Å². The van der Waals surface area contributed by atoms with Crippen LogP contribution in [0.25, 0.3) is 0 Å². The fourth-order valence-electron chi connectivity index (χ4n) is 4.16. The number of aliphatic imine (C=N–C) groups is 1. The first kappa shape index (κ1) is 24.0. The van der Waals surface area contributed by atoms with Crippen molar-refractivity contribution in [3.05, 3.63) is 58.6 Å². The second-order valence-corrected chi connectivity index (χ2v) is 8.93. The van der Waals surface area contributed by atoms with Crippen molar-refractivity contribution in [3.63, 3.8) is 0 Å². The molecule has 2 N–H and O–H groups in total. The summed E-state index contributed by atoms with van der Waals surface area (Å²) < 4.78 is 6.02. The minimum atomic E-state index is -0.670. The summed E-state index contributed by atoms with van der Waals surface area (Å²) in [6, 6.07) is 12.8. The number of guanidine groups is 1. The molecule has 8 nitrogen and oxygen atoms in total. The summed E-state index contributed by atoms with van der Waals surface area (Å²) in [5, 5.41) is 12.7. The van der Waals surface area contributed by atoms with Gasteiger partial charge >= 0.3 is 0 Å². The minimum Gasteiger partial charge on any atom is -0.493 e. The van der Waals surface area contributed by atoms with Crippen molar-refractivity contribution < 1.29 is 19.4 Å². The van der Waals surface area contributed by atoms with Gasteiger partial charge in [-0.1, -0.05) is 41.9 Å². The zero-order valence-corrected chi connectivity index (χ0v) is 19.9. The Balaban J connectivity index is 1.25. The number of halogens is 1. The SMILES string of the molecule is CN(Cc1ccccc1)C(=O)CCCCCOc1ccc(Cl)c2c1CN1C(=N2)NC(=O)C1CO. The number of hydrogen-bond donors (Lipinski definition) is 2. The lowest BCUT2D eigenvalue weighted by atomic mass is 10.1. The van der Waals surface area contributed by atoms with Gasteiger partial charge < -0.3 is 19.6 Å². The van der Waals surface area contributed by atoms with Crippen LogP contribution in [0.2, 0.25) is 5.02 Å². The number of aliphatic hydroxyl groups excluding tert-OH is 1. The van der Waals surface area contributed by atoms with Crippen molar-refractivity contribution in [3.8, 4) is 5.75 Å². The number of benzene rings is 2. The maximum atomic E-state index is 12.4. The van der Waals surface area contributed by atoms with Crippen LogP contribution in [0.15, 0.2) is 47.5 Å². The molecule has 2 heterocycles. The van der Waals surface area contributed by atoms with E-state index in [2.05, 4.69) is 10.3 Å². The molecule has 0 radical (unpaired) electrons. The van der Waals surface area contributed by atoms with Gasteiger partial charge in [0.1, 0.15) is 11.8 Å². The Bertz CT molecular complexity index is 1080. The number of unbranched alkanes of at least 4 members (excludes halogenated alkanes) is 2. The molecule has 0 aliphatic carbocycles. The van der Waals surface area contributed by atoms with Crippen LogP contribution in [-0.2, 0) is 22.7 Å². The Morgan fingerprint density at radius 3 is 2.79 bits per heavy atom. The summed E-state index contributed by atoms with van der Waals surface area (Å²) in [6.07, 6.45) is 2.99. The lowest BCUT2D eigenvalue weighted by Crippen LogP contribution is -2.39. The van der Waals surface area contributed by atoms with Gasteiger partial charge in [0.2, 0.25) is 11.9 Å². The molecule has 180 valence electrons. The largest absolute Gasteiger partial charge is 0.493 e. The highest BCUT2D eigenvalue weighted by Crippen LogP contribution is 2.40. The fourth-order valence-corrected chi connectivity index (χ4v) is 4.38. The Hall–Kier alpha value is -3.10. The molecule has 2 aromatic carbocycles. The molecule has 1 fully saturated rings. The van der Waals surface area contributed by atoms with E-state index >= 15 is 0 Å². The summed E-state index contributed by atoms with van der Waals surface area (Å²) in [4.78, 5) is 32.4. The minimum absolute atomic E-state index is 0.136. The van der Waals surface area contributed by atoms with Gasteiger partial charge in [0.05, 0.1) is 30.5 Å². The number of nitrogens with zero attached hydrogens (tertiary/aromatic N) is 3. The number of rotatable bonds is 10. The topological polar surface area (TPSA) is 94.5 Å². The summed E-state index contributed by atoms with van der Waals surface area (Å²) >= 11 is 6.34. The summed E-state index contributed by atoms with van der Waals surface area (Å²) in [7, 11) is 1.83. The van der Waals surface area contributed by atoms with Crippen LogP contribution in [0.3, 0.4) is 0 Å². The molecule has 4 rings (SSSR count). The second-order valence-electron chi connectivity index (χ2n) is 8.52. The summed E-state index contributed by atoms with van der Waals surface area (Å²) in [6.45, 7) is 1.19. The third kappa shape index (κ3) is 5.34. The number of carbonyl (C=O) groups is 2. The van der Waals surface area contributed by atoms with Gasteiger partial charge in [-0.2, -0.15) is 0 Å². The molecule has 0 bridgehead atoms. The summed E-state index contributed by atoms with van der Waals surface area (Å²) in [5.74, 6) is 0.920. The van der Waals surface area contributed by atoms with Crippen molar-refractivity contribution in [1.29, 1.82) is 0 Å². The maximum absolute atomic E-state index is 12.4. The quantitative estimate of drug-likeness (QED) is 0.505. The molecule has 9 heteroatoms. The van der Waals surface area contributed by atoms with E-state index in [4.69, 9.17) is 16.3 Å². The molecule has 0 spiro atoms. The van der Waals surface area contributed by atoms with Gasteiger partial charge in [-0.05, 0) is 37.0 Å². The fraction of sp³-hybridized carbons (Fsp3) is 0.400. The van der Waals surface area contributed by atoms with Crippen LogP contribution < -0.4 is 10.1 Å². The lowest BCUT2D eigenvalue weighted by Gasteiger charge is -2.28. The highest BCUT2D eigenvalue weighted by molar-refractivity contribution is 6.33. The van der Waals surface area contributed by atoms with Crippen LogP contribution in [0.5, 0.6) is 5.75 Å². The van der Waals surface area contributed by atoms with E-state index in [0.29, 0.717) is 48.5 Å². The van der Waals surface area contributed by atoms with Crippen LogP contribution >= 0.6 is 11.6 Å². The Labute approximate surface area is 204 Å². The zero-order valence-electron chi connectivity index (χ0n) is 19.2. The maximum Gasteiger partial charge on any atom is 0.251 e. The second kappa shape index (κ2) is 10.9. The van der Waals surface area contributed by atoms with Crippen LogP contribution in [-0.4, -0.2) is 59.0 Å². The van der Waals surface area contributed by atoms with Crippen molar-refractivity contribution >= 4 is 35.1 Å².